The molecule has 1 saturated heterocycles. The fraction of sp³-hybridized carbons (Fsp3) is 0.364. The van der Waals surface area contributed by atoms with Crippen LogP contribution in [0.5, 0.6) is 0 Å². The van der Waals surface area contributed by atoms with Gasteiger partial charge in [0.25, 0.3) is 5.91 Å². The second-order valence-corrected chi connectivity index (χ2v) is 7.98. The molecule has 0 bridgehead atoms. The SMILES string of the molecule is CC(C)c1nc2cc(NC(=O)CCC3NC(=O)N(Cc4ccco4)C3=O)ccc2n1C. The maximum absolute atomic E-state index is 12.5. The summed E-state index contributed by atoms with van der Waals surface area (Å²) in [5, 5.41) is 5.48. The zero-order valence-corrected chi connectivity index (χ0v) is 17.7. The summed E-state index contributed by atoms with van der Waals surface area (Å²) in [4.78, 5) is 42.8. The van der Waals surface area contributed by atoms with Crippen LogP contribution in [0.25, 0.3) is 11.0 Å². The van der Waals surface area contributed by atoms with E-state index < -0.39 is 12.1 Å². The van der Waals surface area contributed by atoms with Crippen molar-refractivity contribution in [2.75, 3.05) is 5.32 Å². The van der Waals surface area contributed by atoms with E-state index in [4.69, 9.17) is 4.42 Å². The van der Waals surface area contributed by atoms with Crippen molar-refractivity contribution in [2.24, 2.45) is 7.05 Å². The molecule has 0 spiro atoms. The van der Waals surface area contributed by atoms with E-state index in [1.54, 1.807) is 12.1 Å². The molecule has 0 saturated carbocycles. The van der Waals surface area contributed by atoms with Gasteiger partial charge in [0.1, 0.15) is 17.6 Å². The molecule has 1 unspecified atom stereocenters. The molecule has 2 aromatic heterocycles. The molecular weight excluding hydrogens is 398 g/mol. The number of carbonyl (C=O) groups is 3. The predicted octanol–water partition coefficient (Wildman–Crippen LogP) is 3.13. The Balaban J connectivity index is 1.35. The fourth-order valence-corrected chi connectivity index (χ4v) is 3.79. The highest BCUT2D eigenvalue weighted by molar-refractivity contribution is 6.04. The molecule has 1 aliphatic heterocycles. The number of aromatic nitrogens is 2. The van der Waals surface area contributed by atoms with Crippen molar-refractivity contribution in [3.63, 3.8) is 0 Å². The second kappa shape index (κ2) is 8.25. The Kier molecular flexibility index (Phi) is 5.50. The summed E-state index contributed by atoms with van der Waals surface area (Å²) in [6, 6.07) is 7.79. The van der Waals surface area contributed by atoms with Crippen LogP contribution in [-0.4, -0.2) is 38.3 Å². The maximum atomic E-state index is 12.5. The van der Waals surface area contributed by atoms with Crippen molar-refractivity contribution in [2.45, 2.75) is 45.2 Å². The highest BCUT2D eigenvalue weighted by Crippen LogP contribution is 2.23. The van der Waals surface area contributed by atoms with Crippen LogP contribution in [0.15, 0.2) is 41.0 Å². The largest absolute Gasteiger partial charge is 0.467 e. The van der Waals surface area contributed by atoms with E-state index in [2.05, 4.69) is 34.0 Å². The van der Waals surface area contributed by atoms with Gasteiger partial charge in [-0.25, -0.2) is 9.78 Å². The lowest BCUT2D eigenvalue weighted by Gasteiger charge is -2.11. The quantitative estimate of drug-likeness (QED) is 0.568. The van der Waals surface area contributed by atoms with Gasteiger partial charge < -0.3 is 19.6 Å². The number of hydrogen-bond acceptors (Lipinski definition) is 5. The topological polar surface area (TPSA) is 109 Å². The smallest absolute Gasteiger partial charge is 0.325 e. The van der Waals surface area contributed by atoms with E-state index in [0.717, 1.165) is 21.8 Å². The van der Waals surface area contributed by atoms with Crippen molar-refractivity contribution in [1.82, 2.24) is 19.8 Å². The molecular formula is C22H25N5O4. The van der Waals surface area contributed by atoms with E-state index >= 15 is 0 Å². The van der Waals surface area contributed by atoms with E-state index in [-0.39, 0.29) is 31.2 Å². The number of nitrogens with zero attached hydrogens (tertiary/aromatic N) is 3. The molecule has 3 aromatic rings. The van der Waals surface area contributed by atoms with Crippen LogP contribution in [-0.2, 0) is 23.2 Å². The number of furan rings is 1. The highest BCUT2D eigenvalue weighted by atomic mass is 16.3. The van der Waals surface area contributed by atoms with Gasteiger partial charge in [-0.1, -0.05) is 13.8 Å². The Morgan fingerprint density at radius 3 is 2.81 bits per heavy atom. The van der Waals surface area contributed by atoms with E-state index in [0.29, 0.717) is 17.4 Å². The molecule has 2 N–H and O–H groups in total. The number of hydrogen-bond donors (Lipinski definition) is 2. The average molecular weight is 423 g/mol. The maximum Gasteiger partial charge on any atom is 0.325 e. The number of benzene rings is 1. The standard InChI is InChI=1S/C22H25N5O4/c1-13(2)20-24-17-11-14(6-8-18(17)26(20)3)23-19(28)9-7-16-21(29)27(22(30)25-16)12-15-5-4-10-31-15/h4-6,8,10-11,13,16H,7,9,12H2,1-3H3,(H,23,28)(H,25,30). The number of carbonyl (C=O) groups excluding carboxylic acids is 3. The summed E-state index contributed by atoms with van der Waals surface area (Å²) in [6.07, 6.45) is 1.80. The number of rotatable bonds is 7. The summed E-state index contributed by atoms with van der Waals surface area (Å²) < 4.78 is 7.25. The first-order valence-corrected chi connectivity index (χ1v) is 10.2. The lowest BCUT2D eigenvalue weighted by molar-refractivity contribution is -0.128. The molecule has 1 aliphatic rings. The molecule has 9 nitrogen and oxygen atoms in total. The Bertz CT molecular complexity index is 1130. The third-order valence-electron chi connectivity index (χ3n) is 5.38. The first-order chi connectivity index (χ1) is 14.8. The number of anilines is 1. The van der Waals surface area contributed by atoms with Gasteiger partial charge in [0.05, 0.1) is 23.8 Å². The third kappa shape index (κ3) is 4.16. The normalized spacial score (nSPS) is 16.4. The van der Waals surface area contributed by atoms with Crippen molar-refractivity contribution >= 4 is 34.6 Å². The van der Waals surface area contributed by atoms with Crippen molar-refractivity contribution < 1.29 is 18.8 Å². The van der Waals surface area contributed by atoms with Crippen molar-refractivity contribution in [3.05, 3.63) is 48.2 Å². The number of imidazole rings is 1. The van der Waals surface area contributed by atoms with Crippen molar-refractivity contribution in [1.29, 1.82) is 0 Å². The Morgan fingerprint density at radius 1 is 1.29 bits per heavy atom. The minimum absolute atomic E-state index is 0.0722. The minimum atomic E-state index is -0.722. The lowest BCUT2D eigenvalue weighted by atomic mass is 10.1. The first-order valence-electron chi connectivity index (χ1n) is 10.2. The van der Waals surface area contributed by atoms with Crippen LogP contribution in [0, 0.1) is 0 Å². The molecule has 4 amide bonds. The number of aryl methyl sites for hydroxylation is 1. The Labute approximate surface area is 179 Å². The number of amides is 4. The van der Waals surface area contributed by atoms with Crippen molar-refractivity contribution in [3.8, 4) is 0 Å². The summed E-state index contributed by atoms with van der Waals surface area (Å²) >= 11 is 0. The zero-order valence-electron chi connectivity index (χ0n) is 17.7. The molecule has 0 radical (unpaired) electrons. The van der Waals surface area contributed by atoms with E-state index in [9.17, 15) is 14.4 Å². The highest BCUT2D eigenvalue weighted by Gasteiger charge is 2.38. The number of nitrogens with one attached hydrogen (secondary N) is 2. The number of fused-ring (bicyclic) bond motifs is 1. The first kappa shape index (κ1) is 20.6. The molecule has 9 heteroatoms. The molecule has 31 heavy (non-hydrogen) atoms. The Hall–Kier alpha value is -3.62. The van der Waals surface area contributed by atoms with E-state index in [1.165, 1.54) is 6.26 Å². The average Bonchev–Trinajstić information content (AvgIpc) is 3.42. The molecule has 1 fully saturated rings. The summed E-state index contributed by atoms with van der Waals surface area (Å²) in [5.74, 6) is 1.21. The number of urea groups is 1. The van der Waals surface area contributed by atoms with Gasteiger partial charge in [-0.3, -0.25) is 14.5 Å². The number of imide groups is 1. The minimum Gasteiger partial charge on any atom is -0.467 e. The lowest BCUT2D eigenvalue weighted by Crippen LogP contribution is -2.31. The molecule has 0 aliphatic carbocycles. The molecule has 4 rings (SSSR count). The molecule has 1 atom stereocenters. The third-order valence-corrected chi connectivity index (χ3v) is 5.38. The monoisotopic (exact) mass is 423 g/mol. The molecule has 3 heterocycles. The zero-order chi connectivity index (χ0) is 22.1. The van der Waals surface area contributed by atoms with Crippen LogP contribution in [0.2, 0.25) is 0 Å². The second-order valence-electron chi connectivity index (χ2n) is 7.98. The van der Waals surface area contributed by atoms with Crippen LogP contribution < -0.4 is 10.6 Å². The van der Waals surface area contributed by atoms with Crippen LogP contribution in [0.4, 0.5) is 10.5 Å². The predicted molar refractivity (Wildman–Crippen MR) is 114 cm³/mol. The van der Waals surface area contributed by atoms with Gasteiger partial charge in [0.2, 0.25) is 5.91 Å². The Morgan fingerprint density at radius 2 is 2.10 bits per heavy atom. The van der Waals surface area contributed by atoms with Gasteiger partial charge in [0.15, 0.2) is 0 Å². The molecule has 1 aromatic carbocycles. The van der Waals surface area contributed by atoms with Gasteiger partial charge in [0, 0.05) is 25.1 Å². The molecule has 162 valence electrons. The van der Waals surface area contributed by atoms with Crippen LogP contribution in [0.3, 0.4) is 0 Å². The van der Waals surface area contributed by atoms with Gasteiger partial charge in [-0.05, 0) is 36.8 Å². The van der Waals surface area contributed by atoms with Gasteiger partial charge in [-0.15, -0.1) is 0 Å². The summed E-state index contributed by atoms with van der Waals surface area (Å²) in [6.45, 7) is 4.24. The van der Waals surface area contributed by atoms with E-state index in [1.807, 2.05) is 25.2 Å². The fourth-order valence-electron chi connectivity index (χ4n) is 3.79. The summed E-state index contributed by atoms with van der Waals surface area (Å²) in [5.41, 5.74) is 2.46. The van der Waals surface area contributed by atoms with Gasteiger partial charge in [-0.2, -0.15) is 0 Å². The van der Waals surface area contributed by atoms with Crippen LogP contribution in [0.1, 0.15) is 44.2 Å². The van der Waals surface area contributed by atoms with Crippen LogP contribution >= 0.6 is 0 Å². The summed E-state index contributed by atoms with van der Waals surface area (Å²) in [7, 11) is 1.98. The van der Waals surface area contributed by atoms with Gasteiger partial charge >= 0.3 is 6.03 Å².